The summed E-state index contributed by atoms with van der Waals surface area (Å²) in [5.41, 5.74) is 1.48. The van der Waals surface area contributed by atoms with Crippen LogP contribution in [-0.2, 0) is 4.79 Å². The molecule has 0 saturated carbocycles. The third-order valence-electron chi connectivity index (χ3n) is 2.12. The van der Waals surface area contributed by atoms with Gasteiger partial charge in [0.15, 0.2) is 3.95 Å². The second-order valence-corrected chi connectivity index (χ2v) is 4.93. The molecule has 1 amide bonds. The van der Waals surface area contributed by atoms with Gasteiger partial charge in [-0.25, -0.2) is 0 Å². The predicted octanol–water partition coefficient (Wildman–Crippen LogP) is 2.93. The molecule has 1 aromatic heterocycles. The summed E-state index contributed by atoms with van der Waals surface area (Å²) in [6, 6.07) is 7.09. The molecule has 0 fully saturated rings. The van der Waals surface area contributed by atoms with Crippen LogP contribution in [-0.4, -0.2) is 15.6 Å². The lowest BCUT2D eigenvalue weighted by Gasteiger charge is -2.06. The second-order valence-electron chi connectivity index (χ2n) is 3.42. The fourth-order valence-electron chi connectivity index (χ4n) is 1.44. The Morgan fingerprint density at radius 1 is 1.41 bits per heavy atom. The highest BCUT2D eigenvalue weighted by Gasteiger charge is 2.05. The van der Waals surface area contributed by atoms with Crippen LogP contribution in [0.5, 0.6) is 5.88 Å². The lowest BCUT2D eigenvalue weighted by atomic mass is 10.3. The van der Waals surface area contributed by atoms with Crippen LogP contribution in [0.2, 0.25) is 0 Å². The Balaban J connectivity index is 2.36. The molecule has 4 nitrogen and oxygen atoms in total. The van der Waals surface area contributed by atoms with Gasteiger partial charge >= 0.3 is 0 Å². The Labute approximate surface area is 107 Å². The maximum absolute atomic E-state index is 10.9. The number of thiazole rings is 1. The van der Waals surface area contributed by atoms with E-state index < -0.39 is 0 Å². The number of nitrogens with one attached hydrogen (secondary N) is 1. The summed E-state index contributed by atoms with van der Waals surface area (Å²) in [5.74, 6) is 0.0000176. The van der Waals surface area contributed by atoms with E-state index in [-0.39, 0.29) is 11.8 Å². The fraction of sp³-hybridized carbons (Fsp3) is 0.0909. The zero-order valence-corrected chi connectivity index (χ0v) is 10.6. The number of carbonyl (C=O) groups is 1. The molecule has 17 heavy (non-hydrogen) atoms. The molecule has 0 radical (unpaired) electrons. The number of rotatable bonds is 2. The molecule has 6 heteroatoms. The molecule has 2 N–H and O–H groups in total. The Morgan fingerprint density at radius 2 is 2.06 bits per heavy atom. The second kappa shape index (κ2) is 4.68. The molecule has 2 rings (SSSR count). The summed E-state index contributed by atoms with van der Waals surface area (Å²) in [7, 11) is 0. The first-order valence-electron chi connectivity index (χ1n) is 4.85. The van der Waals surface area contributed by atoms with Crippen LogP contribution in [0.1, 0.15) is 6.92 Å². The molecule has 0 saturated heterocycles. The number of carbonyl (C=O) groups excluding carboxylic acids is 1. The molecule has 1 aromatic carbocycles. The van der Waals surface area contributed by atoms with Crippen LogP contribution in [0.15, 0.2) is 29.6 Å². The number of hydrogen-bond donors (Lipinski definition) is 2. The van der Waals surface area contributed by atoms with Gasteiger partial charge in [-0.05, 0) is 36.5 Å². The number of anilines is 1. The summed E-state index contributed by atoms with van der Waals surface area (Å²) in [6.45, 7) is 1.45. The maximum Gasteiger partial charge on any atom is 0.221 e. The van der Waals surface area contributed by atoms with Crippen molar-refractivity contribution in [2.45, 2.75) is 6.92 Å². The van der Waals surface area contributed by atoms with Gasteiger partial charge in [0.25, 0.3) is 0 Å². The Hall–Kier alpha value is -1.66. The first kappa shape index (κ1) is 11.8. The lowest BCUT2D eigenvalue weighted by molar-refractivity contribution is -0.114. The van der Waals surface area contributed by atoms with Crippen molar-refractivity contribution in [1.82, 2.24) is 4.57 Å². The van der Waals surface area contributed by atoms with Crippen LogP contribution in [0.4, 0.5) is 5.69 Å². The van der Waals surface area contributed by atoms with Crippen LogP contribution < -0.4 is 5.32 Å². The van der Waals surface area contributed by atoms with Crippen molar-refractivity contribution in [3.8, 4) is 11.6 Å². The molecule has 88 valence electrons. The summed E-state index contributed by atoms with van der Waals surface area (Å²) >= 11 is 6.41. The van der Waals surface area contributed by atoms with E-state index in [9.17, 15) is 9.90 Å². The topological polar surface area (TPSA) is 54.3 Å². The van der Waals surface area contributed by atoms with Gasteiger partial charge in [-0.15, -0.1) is 11.3 Å². The first-order chi connectivity index (χ1) is 8.08. The van der Waals surface area contributed by atoms with E-state index in [1.807, 2.05) is 0 Å². The zero-order chi connectivity index (χ0) is 12.4. The Kier molecular flexibility index (Phi) is 3.26. The molecule has 0 aliphatic heterocycles. The van der Waals surface area contributed by atoms with Gasteiger partial charge < -0.3 is 10.4 Å². The van der Waals surface area contributed by atoms with Crippen molar-refractivity contribution in [3.05, 3.63) is 33.6 Å². The minimum Gasteiger partial charge on any atom is -0.494 e. The maximum atomic E-state index is 10.9. The van der Waals surface area contributed by atoms with Crippen molar-refractivity contribution in [2.75, 3.05) is 5.32 Å². The highest BCUT2D eigenvalue weighted by atomic mass is 32.1. The van der Waals surface area contributed by atoms with E-state index in [0.717, 1.165) is 5.69 Å². The Morgan fingerprint density at radius 3 is 2.53 bits per heavy atom. The van der Waals surface area contributed by atoms with E-state index in [4.69, 9.17) is 12.2 Å². The third kappa shape index (κ3) is 2.54. The summed E-state index contributed by atoms with van der Waals surface area (Å²) in [4.78, 5) is 10.9. The van der Waals surface area contributed by atoms with Crippen molar-refractivity contribution in [2.24, 2.45) is 0 Å². The van der Waals surface area contributed by atoms with Crippen LogP contribution in [0, 0.1) is 3.95 Å². The number of benzene rings is 1. The zero-order valence-electron chi connectivity index (χ0n) is 9.01. The largest absolute Gasteiger partial charge is 0.494 e. The van der Waals surface area contributed by atoms with Crippen molar-refractivity contribution in [1.29, 1.82) is 0 Å². The molecule has 1 heterocycles. The van der Waals surface area contributed by atoms with E-state index in [1.165, 1.54) is 18.3 Å². The summed E-state index contributed by atoms with van der Waals surface area (Å²) in [6.07, 6.45) is 0. The van der Waals surface area contributed by atoms with E-state index >= 15 is 0 Å². The van der Waals surface area contributed by atoms with Crippen molar-refractivity contribution >= 4 is 35.1 Å². The van der Waals surface area contributed by atoms with E-state index in [0.29, 0.717) is 9.64 Å². The molecule has 2 aromatic rings. The molecule has 0 bridgehead atoms. The molecule has 0 aliphatic rings. The molecular formula is C11H10N2O2S2. The predicted molar refractivity (Wildman–Crippen MR) is 70.4 cm³/mol. The minimum atomic E-state index is -0.118. The van der Waals surface area contributed by atoms with Crippen LogP contribution in [0.25, 0.3) is 5.69 Å². The highest BCUT2D eigenvalue weighted by Crippen LogP contribution is 2.23. The fourth-order valence-corrected chi connectivity index (χ4v) is 2.40. The number of aromatic hydroxyl groups is 1. The van der Waals surface area contributed by atoms with Crippen molar-refractivity contribution in [3.63, 3.8) is 0 Å². The van der Waals surface area contributed by atoms with Gasteiger partial charge in [0.1, 0.15) is 0 Å². The third-order valence-corrected chi connectivity index (χ3v) is 3.31. The number of aromatic nitrogens is 1. The SMILES string of the molecule is CC(=O)Nc1ccc(-n2c(O)csc2=S)cc1. The smallest absolute Gasteiger partial charge is 0.221 e. The van der Waals surface area contributed by atoms with Gasteiger partial charge in [-0.1, -0.05) is 0 Å². The van der Waals surface area contributed by atoms with Gasteiger partial charge in [0.05, 0.1) is 11.1 Å². The van der Waals surface area contributed by atoms with Gasteiger partial charge in [0.2, 0.25) is 11.8 Å². The molecule has 0 atom stereocenters. The normalized spacial score (nSPS) is 10.2. The quantitative estimate of drug-likeness (QED) is 0.822. The van der Waals surface area contributed by atoms with Crippen molar-refractivity contribution < 1.29 is 9.90 Å². The van der Waals surface area contributed by atoms with Crippen LogP contribution >= 0.6 is 23.6 Å². The molecule has 0 unspecified atom stereocenters. The van der Waals surface area contributed by atoms with Gasteiger partial charge in [-0.3, -0.25) is 9.36 Å². The molecule has 0 spiro atoms. The minimum absolute atomic E-state index is 0.118. The molecular weight excluding hydrogens is 256 g/mol. The number of nitrogens with zero attached hydrogens (tertiary/aromatic N) is 1. The van der Waals surface area contributed by atoms with Gasteiger partial charge in [-0.2, -0.15) is 0 Å². The molecule has 0 aliphatic carbocycles. The lowest BCUT2D eigenvalue weighted by Crippen LogP contribution is -2.05. The summed E-state index contributed by atoms with van der Waals surface area (Å²) in [5, 5.41) is 13.9. The van der Waals surface area contributed by atoms with Crippen LogP contribution in [0.3, 0.4) is 0 Å². The number of amides is 1. The highest BCUT2D eigenvalue weighted by molar-refractivity contribution is 7.73. The van der Waals surface area contributed by atoms with E-state index in [1.54, 1.807) is 34.2 Å². The van der Waals surface area contributed by atoms with E-state index in [2.05, 4.69) is 5.32 Å². The average molecular weight is 266 g/mol. The average Bonchev–Trinajstić information content (AvgIpc) is 2.59. The standard InChI is InChI=1S/C11H10N2O2S2/c1-7(14)12-8-2-4-9(5-3-8)13-10(15)6-17-11(13)16/h2-6,15H,1H3,(H,12,14). The van der Waals surface area contributed by atoms with Gasteiger partial charge in [0, 0.05) is 12.6 Å². The first-order valence-corrected chi connectivity index (χ1v) is 6.14. The monoisotopic (exact) mass is 266 g/mol. The summed E-state index contributed by atoms with van der Waals surface area (Å²) < 4.78 is 2.15. The Bertz CT molecular complexity index is 599. The number of hydrogen-bond acceptors (Lipinski definition) is 4.